The first-order chi connectivity index (χ1) is 6.19. The van der Waals surface area contributed by atoms with Gasteiger partial charge in [-0.1, -0.05) is 5.16 Å². The highest BCUT2D eigenvalue weighted by atomic mass is 16.5. The largest absolute Gasteiger partial charge is 0.496 e. The second kappa shape index (κ2) is 3.94. The highest BCUT2D eigenvalue weighted by molar-refractivity contribution is 5.80. The van der Waals surface area contributed by atoms with Gasteiger partial charge in [-0.2, -0.15) is 0 Å². The minimum absolute atomic E-state index is 0.873. The van der Waals surface area contributed by atoms with Gasteiger partial charge in [-0.05, 0) is 42.7 Å². The van der Waals surface area contributed by atoms with Crippen molar-refractivity contribution in [3.63, 3.8) is 0 Å². The molecule has 0 radical (unpaired) electrons. The average Bonchev–Trinajstić information content (AvgIpc) is 2.04. The van der Waals surface area contributed by atoms with Gasteiger partial charge in [-0.3, -0.25) is 0 Å². The van der Waals surface area contributed by atoms with Crippen LogP contribution in [0.2, 0.25) is 0 Å². The zero-order valence-electron chi connectivity index (χ0n) is 8.03. The molecule has 0 atom stereocenters. The fraction of sp³-hybridized carbons (Fsp3) is 0.300. The highest BCUT2D eigenvalue weighted by Crippen LogP contribution is 2.23. The lowest BCUT2D eigenvalue weighted by Crippen LogP contribution is -1.93. The molecule has 1 N–H and O–H groups in total. The summed E-state index contributed by atoms with van der Waals surface area (Å²) in [6, 6.07) is 3.82. The van der Waals surface area contributed by atoms with Crippen LogP contribution in [0.4, 0.5) is 0 Å². The van der Waals surface area contributed by atoms with Crippen molar-refractivity contribution in [1.82, 2.24) is 0 Å². The molecule has 0 amide bonds. The Morgan fingerprint density at radius 1 is 1.31 bits per heavy atom. The van der Waals surface area contributed by atoms with Crippen molar-refractivity contribution in [3.05, 3.63) is 28.8 Å². The van der Waals surface area contributed by atoms with Gasteiger partial charge in [0.15, 0.2) is 0 Å². The smallest absolute Gasteiger partial charge is 0.124 e. The van der Waals surface area contributed by atoms with Crippen LogP contribution in [0.25, 0.3) is 0 Å². The summed E-state index contributed by atoms with van der Waals surface area (Å²) < 4.78 is 5.20. The van der Waals surface area contributed by atoms with E-state index in [-0.39, 0.29) is 0 Å². The Morgan fingerprint density at radius 2 is 1.85 bits per heavy atom. The maximum Gasteiger partial charge on any atom is 0.124 e. The van der Waals surface area contributed by atoms with Gasteiger partial charge >= 0.3 is 0 Å². The van der Waals surface area contributed by atoms with Crippen molar-refractivity contribution in [1.29, 1.82) is 0 Å². The first-order valence-corrected chi connectivity index (χ1v) is 4.01. The number of rotatable bonds is 2. The topological polar surface area (TPSA) is 41.8 Å². The molecule has 0 saturated heterocycles. The molecule has 0 aliphatic carbocycles. The van der Waals surface area contributed by atoms with Crippen LogP contribution >= 0.6 is 0 Å². The van der Waals surface area contributed by atoms with E-state index in [0.29, 0.717) is 0 Å². The van der Waals surface area contributed by atoms with E-state index in [4.69, 9.17) is 9.94 Å². The van der Waals surface area contributed by atoms with Gasteiger partial charge in [0.05, 0.1) is 13.3 Å². The molecule has 1 aromatic carbocycles. The van der Waals surface area contributed by atoms with E-state index in [1.165, 1.54) is 6.21 Å². The Bertz CT molecular complexity index is 309. The summed E-state index contributed by atoms with van der Waals surface area (Å²) in [6.07, 6.45) is 1.40. The maximum atomic E-state index is 8.37. The molecular weight excluding hydrogens is 166 g/mol. The molecule has 0 bridgehead atoms. The van der Waals surface area contributed by atoms with Crippen molar-refractivity contribution in [2.75, 3.05) is 7.11 Å². The normalized spacial score (nSPS) is 10.7. The van der Waals surface area contributed by atoms with Crippen LogP contribution in [0.3, 0.4) is 0 Å². The number of oxime groups is 1. The van der Waals surface area contributed by atoms with Crippen LogP contribution in [-0.4, -0.2) is 18.5 Å². The molecule has 3 heteroatoms. The van der Waals surface area contributed by atoms with Crippen LogP contribution in [-0.2, 0) is 0 Å². The third-order valence-electron chi connectivity index (χ3n) is 1.89. The van der Waals surface area contributed by atoms with Crippen LogP contribution in [0.15, 0.2) is 17.3 Å². The molecular formula is C10H13NO2. The summed E-state index contributed by atoms with van der Waals surface area (Å²) in [5, 5.41) is 11.3. The second-order valence-electron chi connectivity index (χ2n) is 2.93. The zero-order valence-corrected chi connectivity index (χ0v) is 8.03. The van der Waals surface area contributed by atoms with E-state index in [1.807, 2.05) is 26.0 Å². The Labute approximate surface area is 77.6 Å². The van der Waals surface area contributed by atoms with E-state index in [2.05, 4.69) is 5.16 Å². The summed E-state index contributed by atoms with van der Waals surface area (Å²) >= 11 is 0. The molecule has 0 aliphatic rings. The van der Waals surface area contributed by atoms with Crippen LogP contribution in [0.1, 0.15) is 16.7 Å². The van der Waals surface area contributed by atoms with Gasteiger partial charge in [0.25, 0.3) is 0 Å². The molecule has 0 spiro atoms. The number of benzene rings is 1. The molecule has 1 rings (SSSR count). The monoisotopic (exact) mass is 179 g/mol. The van der Waals surface area contributed by atoms with Crippen molar-refractivity contribution < 1.29 is 9.94 Å². The molecule has 13 heavy (non-hydrogen) atoms. The van der Waals surface area contributed by atoms with E-state index in [0.717, 1.165) is 22.4 Å². The van der Waals surface area contributed by atoms with Crippen molar-refractivity contribution >= 4 is 6.21 Å². The molecule has 1 aromatic rings. The van der Waals surface area contributed by atoms with Gasteiger partial charge in [0.1, 0.15) is 5.75 Å². The van der Waals surface area contributed by atoms with E-state index >= 15 is 0 Å². The molecule has 70 valence electrons. The van der Waals surface area contributed by atoms with Gasteiger partial charge in [-0.15, -0.1) is 0 Å². The minimum Gasteiger partial charge on any atom is -0.496 e. The van der Waals surface area contributed by atoms with Crippen molar-refractivity contribution in [2.24, 2.45) is 5.16 Å². The lowest BCUT2D eigenvalue weighted by molar-refractivity contribution is 0.322. The molecule has 3 nitrogen and oxygen atoms in total. The molecule has 0 aliphatic heterocycles. The van der Waals surface area contributed by atoms with E-state index in [9.17, 15) is 0 Å². The van der Waals surface area contributed by atoms with Gasteiger partial charge in [-0.25, -0.2) is 0 Å². The quantitative estimate of drug-likeness (QED) is 0.429. The Balaban J connectivity index is 3.20. The zero-order chi connectivity index (χ0) is 9.84. The summed E-state index contributed by atoms with van der Waals surface area (Å²) in [4.78, 5) is 0. The second-order valence-corrected chi connectivity index (χ2v) is 2.93. The van der Waals surface area contributed by atoms with E-state index < -0.39 is 0 Å². The van der Waals surface area contributed by atoms with Gasteiger partial charge in [0.2, 0.25) is 0 Å². The average molecular weight is 179 g/mol. The number of methoxy groups -OCH3 is 1. The fourth-order valence-electron chi connectivity index (χ4n) is 1.45. The van der Waals surface area contributed by atoms with Crippen LogP contribution in [0.5, 0.6) is 5.75 Å². The lowest BCUT2D eigenvalue weighted by Gasteiger charge is -2.08. The summed E-state index contributed by atoms with van der Waals surface area (Å²) in [6.45, 7) is 3.92. The van der Waals surface area contributed by atoms with Crippen molar-refractivity contribution in [3.8, 4) is 5.75 Å². The fourth-order valence-corrected chi connectivity index (χ4v) is 1.45. The summed E-state index contributed by atoms with van der Waals surface area (Å²) in [7, 11) is 1.65. The molecule has 0 aromatic heterocycles. The maximum absolute atomic E-state index is 8.37. The lowest BCUT2D eigenvalue weighted by atomic mass is 10.1. The molecule has 0 unspecified atom stereocenters. The standard InChI is InChI=1S/C10H13NO2/c1-7-4-9(6-11-12)5-8(2)10(7)13-3/h4-6,12H,1-3H3. The minimum atomic E-state index is 0.873. The predicted molar refractivity (Wildman–Crippen MR) is 51.8 cm³/mol. The number of nitrogens with zero attached hydrogens (tertiary/aromatic N) is 1. The van der Waals surface area contributed by atoms with Crippen molar-refractivity contribution in [2.45, 2.75) is 13.8 Å². The molecule has 0 saturated carbocycles. The Hall–Kier alpha value is -1.51. The third kappa shape index (κ3) is 1.99. The Morgan fingerprint density at radius 3 is 2.23 bits per heavy atom. The van der Waals surface area contributed by atoms with E-state index in [1.54, 1.807) is 7.11 Å². The van der Waals surface area contributed by atoms with Crippen LogP contribution in [0, 0.1) is 13.8 Å². The highest BCUT2D eigenvalue weighted by Gasteiger charge is 2.03. The third-order valence-corrected chi connectivity index (χ3v) is 1.89. The number of hydrogen-bond acceptors (Lipinski definition) is 3. The number of hydrogen-bond donors (Lipinski definition) is 1. The van der Waals surface area contributed by atoms with Gasteiger partial charge in [0, 0.05) is 0 Å². The van der Waals surface area contributed by atoms with Crippen LogP contribution < -0.4 is 4.74 Å². The SMILES string of the molecule is COc1c(C)cc(C=NO)cc1C. The number of ether oxygens (including phenoxy) is 1. The number of aryl methyl sites for hydroxylation is 2. The molecule has 0 heterocycles. The predicted octanol–water partition coefficient (Wildman–Crippen LogP) is 2.12. The summed E-state index contributed by atoms with van der Waals surface area (Å²) in [5.41, 5.74) is 2.95. The first-order valence-electron chi connectivity index (χ1n) is 4.01. The van der Waals surface area contributed by atoms with Gasteiger partial charge < -0.3 is 9.94 Å². The Kier molecular flexibility index (Phi) is 2.90. The molecule has 0 fully saturated rings. The summed E-state index contributed by atoms with van der Waals surface area (Å²) in [5.74, 6) is 0.884. The first kappa shape index (κ1) is 9.58.